The first kappa shape index (κ1) is 10.4. The summed E-state index contributed by atoms with van der Waals surface area (Å²) in [5.74, 6) is 0.217. The van der Waals surface area contributed by atoms with Gasteiger partial charge in [-0.15, -0.1) is 16.9 Å². The van der Waals surface area contributed by atoms with Gasteiger partial charge in [0.1, 0.15) is 5.25 Å². The minimum Gasteiger partial charge on any atom is -0.480 e. The van der Waals surface area contributed by atoms with Crippen LogP contribution >= 0.6 is 11.8 Å². The first-order chi connectivity index (χ1) is 6.20. The van der Waals surface area contributed by atoms with Crippen LogP contribution < -0.4 is 0 Å². The zero-order valence-electron chi connectivity index (χ0n) is 7.38. The molecule has 2 N–H and O–H groups in total. The topological polar surface area (TPSA) is 69.9 Å². The summed E-state index contributed by atoms with van der Waals surface area (Å²) in [5.41, 5.74) is 0. The number of oxime groups is 1. The van der Waals surface area contributed by atoms with E-state index in [-0.39, 0.29) is 5.92 Å². The third-order valence-corrected chi connectivity index (χ3v) is 3.89. The standard InChI is InChI=1S/C8H13NO3S/c1-2-5-4-13-7(8(10)11)6(5)3-9-12/h3,5-7,12H,2,4H2,1H3,(H,10,11)/b9-3-. The fraction of sp³-hybridized carbons (Fsp3) is 0.750. The number of nitrogens with zero attached hydrogens (tertiary/aromatic N) is 1. The molecule has 0 radical (unpaired) electrons. The highest BCUT2D eigenvalue weighted by molar-refractivity contribution is 8.00. The van der Waals surface area contributed by atoms with E-state index >= 15 is 0 Å². The second-order valence-corrected chi connectivity index (χ2v) is 4.28. The molecule has 1 fully saturated rings. The Hall–Kier alpha value is -0.710. The molecule has 0 amide bonds. The van der Waals surface area contributed by atoms with E-state index in [2.05, 4.69) is 5.16 Å². The monoisotopic (exact) mass is 203 g/mol. The fourth-order valence-electron chi connectivity index (χ4n) is 1.60. The van der Waals surface area contributed by atoms with Crippen LogP contribution in [0.15, 0.2) is 5.16 Å². The summed E-state index contributed by atoms with van der Waals surface area (Å²) in [7, 11) is 0. The molecule has 5 heteroatoms. The number of rotatable bonds is 3. The lowest BCUT2D eigenvalue weighted by molar-refractivity contribution is -0.137. The van der Waals surface area contributed by atoms with E-state index in [9.17, 15) is 4.79 Å². The van der Waals surface area contributed by atoms with Crippen molar-refractivity contribution >= 4 is 23.9 Å². The molecule has 0 aromatic carbocycles. The molecule has 0 aromatic heterocycles. The van der Waals surface area contributed by atoms with Crippen molar-refractivity contribution in [1.29, 1.82) is 0 Å². The quantitative estimate of drug-likeness (QED) is 0.412. The van der Waals surface area contributed by atoms with Gasteiger partial charge in [0.05, 0.1) is 0 Å². The van der Waals surface area contributed by atoms with Gasteiger partial charge < -0.3 is 10.3 Å². The van der Waals surface area contributed by atoms with Gasteiger partial charge in [-0.1, -0.05) is 13.3 Å². The normalized spacial score (nSPS) is 34.1. The van der Waals surface area contributed by atoms with Gasteiger partial charge in [-0.3, -0.25) is 4.79 Å². The largest absolute Gasteiger partial charge is 0.480 e. The predicted octanol–water partition coefficient (Wildman–Crippen LogP) is 1.29. The molecular formula is C8H13NO3S. The van der Waals surface area contributed by atoms with E-state index in [0.717, 1.165) is 12.2 Å². The average molecular weight is 203 g/mol. The van der Waals surface area contributed by atoms with E-state index in [0.29, 0.717) is 5.92 Å². The molecule has 0 bridgehead atoms. The SMILES string of the molecule is CCC1CSC(C(=O)O)C1/C=N\O. The predicted molar refractivity (Wildman–Crippen MR) is 51.4 cm³/mol. The van der Waals surface area contributed by atoms with Crippen LogP contribution in [0, 0.1) is 11.8 Å². The summed E-state index contributed by atoms with van der Waals surface area (Å²) < 4.78 is 0. The molecule has 0 aliphatic carbocycles. The second-order valence-electron chi connectivity index (χ2n) is 3.10. The number of hydrogen-bond acceptors (Lipinski definition) is 4. The number of hydrogen-bond donors (Lipinski definition) is 2. The van der Waals surface area contributed by atoms with Crippen molar-refractivity contribution in [3.05, 3.63) is 0 Å². The van der Waals surface area contributed by atoms with Gasteiger partial charge in [-0.2, -0.15) is 0 Å². The number of carboxylic acids is 1. The summed E-state index contributed by atoms with van der Waals surface area (Å²) in [6.07, 6.45) is 2.28. The van der Waals surface area contributed by atoms with Crippen molar-refractivity contribution in [3.63, 3.8) is 0 Å². The third-order valence-electron chi connectivity index (χ3n) is 2.39. The van der Waals surface area contributed by atoms with E-state index in [1.54, 1.807) is 0 Å². The van der Waals surface area contributed by atoms with E-state index in [4.69, 9.17) is 10.3 Å². The summed E-state index contributed by atoms with van der Waals surface area (Å²) >= 11 is 1.43. The molecule has 0 saturated carbocycles. The lowest BCUT2D eigenvalue weighted by atomic mass is 9.90. The number of aliphatic carboxylic acids is 1. The molecule has 13 heavy (non-hydrogen) atoms. The lowest BCUT2D eigenvalue weighted by Crippen LogP contribution is -2.27. The molecule has 74 valence electrons. The number of carboxylic acid groups (broad SMARTS) is 1. The zero-order valence-corrected chi connectivity index (χ0v) is 8.20. The summed E-state index contributed by atoms with van der Waals surface area (Å²) in [6.45, 7) is 2.02. The van der Waals surface area contributed by atoms with Crippen LogP contribution in [0.5, 0.6) is 0 Å². The first-order valence-corrected chi connectivity index (χ1v) is 5.27. The number of carbonyl (C=O) groups is 1. The highest BCUT2D eigenvalue weighted by Crippen LogP contribution is 2.37. The van der Waals surface area contributed by atoms with Crippen molar-refractivity contribution in [2.45, 2.75) is 18.6 Å². The average Bonchev–Trinajstić information content (AvgIpc) is 2.48. The molecule has 1 aliphatic heterocycles. The number of thioether (sulfide) groups is 1. The van der Waals surface area contributed by atoms with Gasteiger partial charge in [0.15, 0.2) is 0 Å². The minimum atomic E-state index is -0.814. The Labute approximate surface area is 81.0 Å². The van der Waals surface area contributed by atoms with Crippen molar-refractivity contribution in [2.24, 2.45) is 17.0 Å². The Morgan fingerprint density at radius 1 is 1.77 bits per heavy atom. The molecule has 4 nitrogen and oxygen atoms in total. The summed E-state index contributed by atoms with van der Waals surface area (Å²) in [6, 6.07) is 0. The molecule has 1 rings (SSSR count). The molecule has 1 aliphatic rings. The maximum absolute atomic E-state index is 10.8. The van der Waals surface area contributed by atoms with Gasteiger partial charge in [0.25, 0.3) is 0 Å². The van der Waals surface area contributed by atoms with Crippen LogP contribution in [0.1, 0.15) is 13.3 Å². The first-order valence-electron chi connectivity index (χ1n) is 4.22. The van der Waals surface area contributed by atoms with Crippen LogP contribution in [0.2, 0.25) is 0 Å². The van der Waals surface area contributed by atoms with Crippen molar-refractivity contribution in [2.75, 3.05) is 5.75 Å². The highest BCUT2D eigenvalue weighted by atomic mass is 32.2. The van der Waals surface area contributed by atoms with Crippen molar-refractivity contribution < 1.29 is 15.1 Å². The third kappa shape index (κ3) is 2.15. The highest BCUT2D eigenvalue weighted by Gasteiger charge is 2.39. The van der Waals surface area contributed by atoms with Gasteiger partial charge in [-0.05, 0) is 11.7 Å². The van der Waals surface area contributed by atoms with Gasteiger partial charge in [-0.25, -0.2) is 0 Å². The van der Waals surface area contributed by atoms with Crippen molar-refractivity contribution in [1.82, 2.24) is 0 Å². The van der Waals surface area contributed by atoms with Crippen LogP contribution in [0.4, 0.5) is 0 Å². The van der Waals surface area contributed by atoms with Gasteiger partial charge in [0, 0.05) is 12.1 Å². The Kier molecular flexibility index (Phi) is 3.59. The fourth-order valence-corrected chi connectivity index (χ4v) is 3.17. The Balaban J connectivity index is 2.72. The summed E-state index contributed by atoms with van der Waals surface area (Å²) in [4.78, 5) is 10.8. The molecule has 1 heterocycles. The molecule has 0 spiro atoms. The van der Waals surface area contributed by atoms with Crippen molar-refractivity contribution in [3.8, 4) is 0 Å². The Bertz CT molecular complexity index is 219. The molecule has 1 saturated heterocycles. The van der Waals surface area contributed by atoms with E-state index in [1.165, 1.54) is 18.0 Å². The van der Waals surface area contributed by atoms with Gasteiger partial charge >= 0.3 is 5.97 Å². The Morgan fingerprint density at radius 2 is 2.46 bits per heavy atom. The van der Waals surface area contributed by atoms with Crippen LogP contribution in [-0.4, -0.2) is 33.5 Å². The van der Waals surface area contributed by atoms with E-state index < -0.39 is 11.2 Å². The second kappa shape index (κ2) is 4.50. The molecule has 3 atom stereocenters. The minimum absolute atomic E-state index is 0.127. The zero-order chi connectivity index (χ0) is 9.84. The lowest BCUT2D eigenvalue weighted by Gasteiger charge is -2.14. The van der Waals surface area contributed by atoms with Crippen LogP contribution in [-0.2, 0) is 4.79 Å². The molecule has 3 unspecified atom stereocenters. The summed E-state index contributed by atoms with van der Waals surface area (Å²) in [5, 5.41) is 19.8. The van der Waals surface area contributed by atoms with Crippen LogP contribution in [0.25, 0.3) is 0 Å². The maximum atomic E-state index is 10.8. The smallest absolute Gasteiger partial charge is 0.317 e. The van der Waals surface area contributed by atoms with Crippen LogP contribution in [0.3, 0.4) is 0 Å². The van der Waals surface area contributed by atoms with E-state index in [1.807, 2.05) is 6.92 Å². The maximum Gasteiger partial charge on any atom is 0.317 e. The molecule has 0 aromatic rings. The van der Waals surface area contributed by atoms with Gasteiger partial charge in [0.2, 0.25) is 0 Å². The molecular weight excluding hydrogens is 190 g/mol. The Morgan fingerprint density at radius 3 is 2.92 bits per heavy atom.